The van der Waals surface area contributed by atoms with Crippen molar-refractivity contribution in [2.24, 2.45) is 0 Å². The Labute approximate surface area is 116 Å². The van der Waals surface area contributed by atoms with Crippen molar-refractivity contribution < 1.29 is 9.13 Å². The molecule has 98 valence electrons. The Balaban J connectivity index is 2.04. The van der Waals surface area contributed by atoms with Crippen LogP contribution < -0.4 is 10.1 Å². The quantitative estimate of drug-likeness (QED) is 0.861. The lowest BCUT2D eigenvalue weighted by Gasteiger charge is -2.12. The highest BCUT2D eigenvalue weighted by atomic mass is 35.5. The summed E-state index contributed by atoms with van der Waals surface area (Å²) in [6.07, 6.45) is 2.37. The van der Waals surface area contributed by atoms with Gasteiger partial charge in [-0.3, -0.25) is 0 Å². The van der Waals surface area contributed by atoms with Gasteiger partial charge < -0.3 is 10.1 Å². The molecule has 1 aromatic carbocycles. The van der Waals surface area contributed by atoms with Crippen molar-refractivity contribution in [1.82, 2.24) is 5.32 Å². The highest BCUT2D eigenvalue weighted by molar-refractivity contribution is 6.36. The van der Waals surface area contributed by atoms with E-state index in [4.69, 9.17) is 27.9 Å². The SMILES string of the molecule is Fc1cccc(CNC2CC2)c1OC/C(Cl)=C/Cl. The fourth-order valence-electron chi connectivity index (χ4n) is 1.57. The first kappa shape index (κ1) is 13.7. The van der Waals surface area contributed by atoms with Crippen LogP contribution in [0.25, 0.3) is 0 Å². The zero-order valence-electron chi connectivity index (χ0n) is 9.76. The minimum absolute atomic E-state index is 0.0718. The zero-order valence-corrected chi connectivity index (χ0v) is 11.3. The van der Waals surface area contributed by atoms with Crippen molar-refractivity contribution >= 4 is 23.2 Å². The molecule has 0 bridgehead atoms. The number of para-hydroxylation sites is 1. The lowest BCUT2D eigenvalue weighted by molar-refractivity contribution is 0.333. The summed E-state index contributed by atoms with van der Waals surface area (Å²) in [6.45, 7) is 0.669. The molecule has 0 aromatic heterocycles. The number of hydrogen-bond acceptors (Lipinski definition) is 2. The molecule has 1 aliphatic rings. The lowest BCUT2D eigenvalue weighted by atomic mass is 10.2. The molecule has 18 heavy (non-hydrogen) atoms. The maximum atomic E-state index is 13.7. The predicted octanol–water partition coefficient (Wildman–Crippen LogP) is 3.78. The molecule has 5 heteroatoms. The molecule has 0 saturated heterocycles. The second kappa shape index (κ2) is 6.41. The van der Waals surface area contributed by atoms with Crippen LogP contribution in [0, 0.1) is 5.82 Å². The van der Waals surface area contributed by atoms with Gasteiger partial charge in [-0.2, -0.15) is 0 Å². The van der Waals surface area contributed by atoms with Crippen molar-refractivity contribution in [1.29, 1.82) is 0 Å². The van der Waals surface area contributed by atoms with Gasteiger partial charge in [-0.25, -0.2) is 4.39 Å². The lowest BCUT2D eigenvalue weighted by Crippen LogP contribution is -2.16. The van der Waals surface area contributed by atoms with Gasteiger partial charge in [0.05, 0.1) is 5.03 Å². The van der Waals surface area contributed by atoms with E-state index in [2.05, 4.69) is 5.32 Å². The third-order valence-electron chi connectivity index (χ3n) is 2.68. The fraction of sp³-hybridized carbons (Fsp3) is 0.385. The molecule has 1 aromatic rings. The molecule has 1 aliphatic carbocycles. The molecule has 1 N–H and O–H groups in total. The van der Waals surface area contributed by atoms with Gasteiger partial charge in [0, 0.05) is 23.7 Å². The van der Waals surface area contributed by atoms with Crippen molar-refractivity contribution in [3.63, 3.8) is 0 Å². The van der Waals surface area contributed by atoms with Gasteiger partial charge in [-0.05, 0) is 18.9 Å². The van der Waals surface area contributed by atoms with Crippen LogP contribution in [0.1, 0.15) is 18.4 Å². The van der Waals surface area contributed by atoms with E-state index >= 15 is 0 Å². The molecule has 2 rings (SSSR count). The molecular formula is C13H14Cl2FNO. The van der Waals surface area contributed by atoms with Gasteiger partial charge in [0.1, 0.15) is 6.61 Å². The average Bonchev–Trinajstić information content (AvgIpc) is 3.18. The minimum atomic E-state index is -0.385. The summed E-state index contributed by atoms with van der Waals surface area (Å²) in [5.41, 5.74) is 2.01. The molecule has 1 fully saturated rings. The first-order valence-corrected chi connectivity index (χ1v) is 6.60. The number of hydrogen-bond donors (Lipinski definition) is 1. The van der Waals surface area contributed by atoms with Crippen molar-refractivity contribution in [3.8, 4) is 5.75 Å². The largest absolute Gasteiger partial charge is 0.485 e. The van der Waals surface area contributed by atoms with Crippen LogP contribution in [0.15, 0.2) is 28.8 Å². The van der Waals surface area contributed by atoms with Gasteiger partial charge in [0.25, 0.3) is 0 Å². The third-order valence-corrected chi connectivity index (χ3v) is 3.27. The molecular weight excluding hydrogens is 276 g/mol. The topological polar surface area (TPSA) is 21.3 Å². The minimum Gasteiger partial charge on any atom is -0.485 e. The molecule has 1 saturated carbocycles. The van der Waals surface area contributed by atoms with Crippen LogP contribution in [0.4, 0.5) is 4.39 Å². The molecule has 0 unspecified atom stereocenters. The Morgan fingerprint density at radius 1 is 1.50 bits per heavy atom. The van der Waals surface area contributed by atoms with E-state index in [1.54, 1.807) is 6.07 Å². The van der Waals surface area contributed by atoms with Gasteiger partial charge in [0.2, 0.25) is 0 Å². The second-order valence-electron chi connectivity index (χ2n) is 4.23. The molecule has 0 atom stereocenters. The van der Waals surface area contributed by atoms with Crippen LogP contribution >= 0.6 is 23.2 Å². The Morgan fingerprint density at radius 2 is 2.28 bits per heavy atom. The standard InChI is InChI=1S/C13H14Cl2FNO/c14-6-10(15)8-18-13-9(2-1-3-12(13)16)7-17-11-4-5-11/h1-3,6,11,17H,4-5,7-8H2/b10-6-. The number of rotatable bonds is 6. The third kappa shape index (κ3) is 3.87. The summed E-state index contributed by atoms with van der Waals surface area (Å²) in [7, 11) is 0. The Kier molecular flexibility index (Phi) is 4.87. The van der Waals surface area contributed by atoms with Gasteiger partial charge in [-0.1, -0.05) is 35.3 Å². The molecule has 0 aliphatic heterocycles. The van der Waals surface area contributed by atoms with E-state index in [1.165, 1.54) is 24.4 Å². The van der Waals surface area contributed by atoms with Crippen molar-refractivity contribution in [2.75, 3.05) is 6.61 Å². The van der Waals surface area contributed by atoms with Crippen LogP contribution in [0.5, 0.6) is 5.75 Å². The van der Waals surface area contributed by atoms with Crippen molar-refractivity contribution in [3.05, 3.63) is 40.1 Å². The average molecular weight is 290 g/mol. The number of benzene rings is 1. The first-order valence-electron chi connectivity index (χ1n) is 5.79. The zero-order chi connectivity index (χ0) is 13.0. The summed E-state index contributed by atoms with van der Waals surface area (Å²) in [5, 5.41) is 3.66. The Morgan fingerprint density at radius 3 is 2.94 bits per heavy atom. The van der Waals surface area contributed by atoms with Gasteiger partial charge in [0.15, 0.2) is 11.6 Å². The molecule has 2 nitrogen and oxygen atoms in total. The summed E-state index contributed by atoms with van der Waals surface area (Å²) < 4.78 is 19.1. The first-order chi connectivity index (χ1) is 8.70. The van der Waals surface area contributed by atoms with Gasteiger partial charge in [-0.15, -0.1) is 0 Å². The monoisotopic (exact) mass is 289 g/mol. The summed E-state index contributed by atoms with van der Waals surface area (Å²) >= 11 is 11.2. The predicted molar refractivity (Wildman–Crippen MR) is 71.5 cm³/mol. The van der Waals surface area contributed by atoms with E-state index in [9.17, 15) is 4.39 Å². The van der Waals surface area contributed by atoms with E-state index < -0.39 is 0 Å². The molecule has 0 heterocycles. The second-order valence-corrected chi connectivity index (χ2v) is 4.93. The summed E-state index contributed by atoms with van der Waals surface area (Å²) in [4.78, 5) is 0. The van der Waals surface area contributed by atoms with E-state index in [0.717, 1.165) is 5.56 Å². The Bertz CT molecular complexity index is 447. The van der Waals surface area contributed by atoms with Crippen LogP contribution in [0.2, 0.25) is 0 Å². The summed E-state index contributed by atoms with van der Waals surface area (Å²) in [6, 6.07) is 5.44. The van der Waals surface area contributed by atoms with Gasteiger partial charge >= 0.3 is 0 Å². The number of nitrogens with one attached hydrogen (secondary N) is 1. The Hall–Kier alpha value is -0.770. The van der Waals surface area contributed by atoms with E-state index in [0.29, 0.717) is 17.6 Å². The molecule has 0 amide bonds. The maximum absolute atomic E-state index is 13.7. The van der Waals surface area contributed by atoms with Crippen LogP contribution in [-0.2, 0) is 6.54 Å². The smallest absolute Gasteiger partial charge is 0.165 e. The summed E-state index contributed by atoms with van der Waals surface area (Å²) in [5.74, 6) is -0.147. The highest BCUT2D eigenvalue weighted by Crippen LogP contribution is 2.25. The maximum Gasteiger partial charge on any atom is 0.165 e. The normalized spacial score (nSPS) is 15.8. The highest BCUT2D eigenvalue weighted by Gasteiger charge is 2.21. The van der Waals surface area contributed by atoms with E-state index in [1.807, 2.05) is 6.07 Å². The number of halogens is 3. The fourth-order valence-corrected chi connectivity index (χ4v) is 1.69. The van der Waals surface area contributed by atoms with Crippen molar-refractivity contribution in [2.45, 2.75) is 25.4 Å². The molecule has 0 radical (unpaired) electrons. The van der Waals surface area contributed by atoms with Crippen LogP contribution in [0.3, 0.4) is 0 Å². The molecule has 0 spiro atoms. The van der Waals surface area contributed by atoms with E-state index in [-0.39, 0.29) is 18.2 Å². The van der Waals surface area contributed by atoms with Crippen LogP contribution in [-0.4, -0.2) is 12.6 Å². The number of ether oxygens (including phenoxy) is 1.